The van der Waals surface area contributed by atoms with Crippen LogP contribution in [0.2, 0.25) is 0 Å². The lowest BCUT2D eigenvalue weighted by Gasteiger charge is -2.40. The van der Waals surface area contributed by atoms with Crippen LogP contribution < -0.4 is 10.2 Å². The van der Waals surface area contributed by atoms with Gasteiger partial charge in [0.05, 0.1) is 24.2 Å². The molecule has 204 valence electrons. The molecule has 3 aliphatic rings. The number of nitrogens with zero attached hydrogens (tertiary/aromatic N) is 6. The number of anilines is 2. The van der Waals surface area contributed by atoms with Gasteiger partial charge in [-0.05, 0) is 50.3 Å². The summed E-state index contributed by atoms with van der Waals surface area (Å²) < 4.78 is 40.8. The van der Waals surface area contributed by atoms with Gasteiger partial charge in [-0.25, -0.2) is 13.8 Å². The van der Waals surface area contributed by atoms with E-state index in [-0.39, 0.29) is 5.82 Å². The molecule has 5 heterocycles. The molecule has 0 saturated carbocycles. The van der Waals surface area contributed by atoms with Crippen LogP contribution in [0.15, 0.2) is 30.3 Å². The Balaban J connectivity index is 1.28. The summed E-state index contributed by atoms with van der Waals surface area (Å²) in [6, 6.07) is 9.55. The molecular formula is C27H35F2N7O2. The minimum atomic E-state index is -2.74. The zero-order valence-electron chi connectivity index (χ0n) is 21.6. The number of nitrogens with one attached hydrogen (secondary N) is 1. The molecule has 0 radical (unpaired) electrons. The lowest BCUT2D eigenvalue weighted by atomic mass is 9.95. The first kappa shape index (κ1) is 25.4. The van der Waals surface area contributed by atoms with Crippen molar-refractivity contribution in [3.8, 4) is 5.82 Å². The van der Waals surface area contributed by atoms with Gasteiger partial charge in [0.1, 0.15) is 11.6 Å². The first-order valence-corrected chi connectivity index (χ1v) is 13.7. The molecule has 0 aliphatic carbocycles. The highest BCUT2D eigenvalue weighted by Crippen LogP contribution is 2.30. The monoisotopic (exact) mass is 527 g/mol. The smallest absolute Gasteiger partial charge is 0.296 e. The van der Waals surface area contributed by atoms with Crippen molar-refractivity contribution in [2.75, 3.05) is 69.4 Å². The Morgan fingerprint density at radius 1 is 0.921 bits per heavy atom. The molecule has 2 aromatic heterocycles. The lowest BCUT2D eigenvalue weighted by molar-refractivity contribution is 0.0190. The molecule has 1 aromatic carbocycles. The molecule has 11 heteroatoms. The summed E-state index contributed by atoms with van der Waals surface area (Å²) in [6.07, 6.45) is 1.77. The van der Waals surface area contributed by atoms with E-state index in [0.717, 1.165) is 52.1 Å². The molecule has 1 atom stereocenters. The molecule has 3 aliphatic heterocycles. The molecule has 3 fully saturated rings. The average Bonchev–Trinajstić information content (AvgIpc) is 3.37. The van der Waals surface area contributed by atoms with Crippen molar-refractivity contribution in [2.24, 2.45) is 5.92 Å². The summed E-state index contributed by atoms with van der Waals surface area (Å²) in [4.78, 5) is 18.5. The molecule has 0 amide bonds. The van der Waals surface area contributed by atoms with Crippen LogP contribution in [0.4, 0.5) is 20.5 Å². The second kappa shape index (κ2) is 11.5. The number of ether oxygens (including phenoxy) is 2. The summed E-state index contributed by atoms with van der Waals surface area (Å²) in [6.45, 7) is 7.17. The predicted octanol–water partition coefficient (Wildman–Crippen LogP) is 3.89. The molecule has 0 spiro atoms. The second-order valence-corrected chi connectivity index (χ2v) is 10.3. The van der Waals surface area contributed by atoms with Crippen molar-refractivity contribution in [1.82, 2.24) is 24.4 Å². The van der Waals surface area contributed by atoms with Crippen LogP contribution in [0, 0.1) is 5.92 Å². The highest BCUT2D eigenvalue weighted by molar-refractivity contribution is 5.78. The van der Waals surface area contributed by atoms with Gasteiger partial charge in [-0.2, -0.15) is 9.97 Å². The van der Waals surface area contributed by atoms with Crippen LogP contribution in [0.5, 0.6) is 0 Å². The number of fused-ring (bicyclic) bond motifs is 1. The van der Waals surface area contributed by atoms with Gasteiger partial charge in [0.15, 0.2) is 5.82 Å². The van der Waals surface area contributed by atoms with E-state index >= 15 is 0 Å². The van der Waals surface area contributed by atoms with Crippen molar-refractivity contribution in [1.29, 1.82) is 0 Å². The van der Waals surface area contributed by atoms with Gasteiger partial charge in [0.2, 0.25) is 5.95 Å². The van der Waals surface area contributed by atoms with Gasteiger partial charge in [-0.15, -0.1) is 0 Å². The lowest BCUT2D eigenvalue weighted by Crippen LogP contribution is -2.46. The third-order valence-corrected chi connectivity index (χ3v) is 7.85. The third-order valence-electron chi connectivity index (χ3n) is 7.85. The molecule has 3 aromatic rings. The fraction of sp³-hybridized carbons (Fsp3) is 0.593. The fourth-order valence-corrected chi connectivity index (χ4v) is 5.88. The van der Waals surface area contributed by atoms with E-state index < -0.39 is 6.43 Å². The van der Waals surface area contributed by atoms with Crippen molar-refractivity contribution < 1.29 is 18.3 Å². The molecule has 3 saturated heterocycles. The Bertz CT molecular complexity index is 1230. The highest BCUT2D eigenvalue weighted by Gasteiger charge is 2.28. The maximum absolute atomic E-state index is 14.1. The molecule has 6 rings (SSSR count). The first-order valence-electron chi connectivity index (χ1n) is 13.7. The number of rotatable bonds is 7. The Kier molecular flexibility index (Phi) is 7.66. The number of para-hydroxylation sites is 2. The van der Waals surface area contributed by atoms with Crippen LogP contribution in [0.1, 0.15) is 37.9 Å². The van der Waals surface area contributed by atoms with Crippen molar-refractivity contribution >= 4 is 22.8 Å². The van der Waals surface area contributed by atoms with E-state index in [2.05, 4.69) is 20.1 Å². The van der Waals surface area contributed by atoms with Crippen LogP contribution in [0.25, 0.3) is 16.9 Å². The summed E-state index contributed by atoms with van der Waals surface area (Å²) >= 11 is 0. The van der Waals surface area contributed by atoms with Crippen LogP contribution in [-0.4, -0.2) is 89.6 Å². The zero-order chi connectivity index (χ0) is 25.9. The molecule has 1 N–H and O–H groups in total. The maximum atomic E-state index is 14.1. The summed E-state index contributed by atoms with van der Waals surface area (Å²) in [5.41, 5.74) is 1.11. The van der Waals surface area contributed by atoms with Gasteiger partial charge in [0.25, 0.3) is 6.43 Å². The van der Waals surface area contributed by atoms with Crippen molar-refractivity contribution in [2.45, 2.75) is 38.2 Å². The number of hydrogen-bond acceptors (Lipinski definition) is 8. The van der Waals surface area contributed by atoms with Gasteiger partial charge in [-0.3, -0.25) is 9.47 Å². The number of alkyl halides is 2. The predicted molar refractivity (Wildman–Crippen MR) is 141 cm³/mol. The standard InChI is InChI=1S/C27H35F2N7O2/c28-25(29)26-31-21-5-1-2-6-22(21)36(26)24-16-23(34-10-14-38-15-11-34)32-27(33-24)30-17-19-4-3-9-35(18-19)20-7-12-37-13-8-20/h1-2,5-6,16,19-20,25H,3-4,7-15,17-18H2,(H,30,32,33)/t19-/m1/s1. The molecule has 38 heavy (non-hydrogen) atoms. The van der Waals surface area contributed by atoms with E-state index in [4.69, 9.17) is 19.4 Å². The number of likely N-dealkylation sites (tertiary alicyclic amines) is 1. The average molecular weight is 528 g/mol. The number of piperidine rings is 1. The van der Waals surface area contributed by atoms with Gasteiger partial charge >= 0.3 is 0 Å². The number of imidazole rings is 1. The maximum Gasteiger partial charge on any atom is 0.296 e. The zero-order valence-corrected chi connectivity index (χ0v) is 21.6. The molecule has 0 unspecified atom stereocenters. The van der Waals surface area contributed by atoms with Crippen LogP contribution >= 0.6 is 0 Å². The molecule has 9 nitrogen and oxygen atoms in total. The minimum Gasteiger partial charge on any atom is -0.381 e. The van der Waals surface area contributed by atoms with Crippen molar-refractivity contribution in [3.63, 3.8) is 0 Å². The number of hydrogen-bond donors (Lipinski definition) is 1. The number of morpholine rings is 1. The number of benzene rings is 1. The molecule has 0 bridgehead atoms. The van der Waals surface area contributed by atoms with Crippen LogP contribution in [0.3, 0.4) is 0 Å². The normalized spacial score (nSPS) is 21.9. The minimum absolute atomic E-state index is 0.317. The summed E-state index contributed by atoms with van der Waals surface area (Å²) in [5.74, 6) is 1.69. The quantitative estimate of drug-likeness (QED) is 0.496. The third kappa shape index (κ3) is 5.45. The number of halogens is 2. The fourth-order valence-electron chi connectivity index (χ4n) is 5.88. The Morgan fingerprint density at radius 2 is 1.68 bits per heavy atom. The Labute approximate surface area is 221 Å². The van der Waals surface area contributed by atoms with E-state index in [1.54, 1.807) is 24.3 Å². The van der Waals surface area contributed by atoms with Gasteiger partial charge in [0, 0.05) is 51.5 Å². The molecular weight excluding hydrogens is 492 g/mol. The van der Waals surface area contributed by atoms with E-state index in [9.17, 15) is 8.78 Å². The summed E-state index contributed by atoms with van der Waals surface area (Å²) in [7, 11) is 0. The van der Waals surface area contributed by atoms with Crippen molar-refractivity contribution in [3.05, 3.63) is 36.2 Å². The van der Waals surface area contributed by atoms with Crippen LogP contribution in [-0.2, 0) is 9.47 Å². The topological polar surface area (TPSA) is 80.6 Å². The largest absolute Gasteiger partial charge is 0.381 e. The Hall–Kier alpha value is -2.89. The van der Waals surface area contributed by atoms with E-state index in [0.29, 0.717) is 66.9 Å². The highest BCUT2D eigenvalue weighted by atomic mass is 19.3. The number of aromatic nitrogens is 4. The van der Waals surface area contributed by atoms with E-state index in [1.165, 1.54) is 11.0 Å². The van der Waals surface area contributed by atoms with Gasteiger partial charge < -0.3 is 19.7 Å². The first-order chi connectivity index (χ1) is 18.7. The Morgan fingerprint density at radius 3 is 2.50 bits per heavy atom. The summed E-state index contributed by atoms with van der Waals surface area (Å²) in [5, 5.41) is 3.46. The van der Waals surface area contributed by atoms with E-state index in [1.807, 2.05) is 6.07 Å². The second-order valence-electron chi connectivity index (χ2n) is 10.3. The SMILES string of the molecule is FC(F)c1nc2ccccc2n1-c1cc(N2CCOCC2)nc(NC[C@H]2CCCN(C3CCOCC3)C2)n1. The van der Waals surface area contributed by atoms with Gasteiger partial charge in [-0.1, -0.05) is 12.1 Å².